The van der Waals surface area contributed by atoms with Crippen LogP contribution in [-0.2, 0) is 9.53 Å². The van der Waals surface area contributed by atoms with E-state index in [9.17, 15) is 10.1 Å². The lowest BCUT2D eigenvalue weighted by Gasteiger charge is -2.37. The van der Waals surface area contributed by atoms with Gasteiger partial charge in [0.15, 0.2) is 5.41 Å². The summed E-state index contributed by atoms with van der Waals surface area (Å²) < 4.78 is 4.94. The fourth-order valence-corrected chi connectivity index (χ4v) is 2.99. The van der Waals surface area contributed by atoms with Crippen molar-refractivity contribution in [1.29, 1.82) is 5.26 Å². The van der Waals surface area contributed by atoms with Crippen molar-refractivity contribution in [3.63, 3.8) is 0 Å². The van der Waals surface area contributed by atoms with E-state index in [0.29, 0.717) is 6.42 Å². The van der Waals surface area contributed by atoms with Crippen LogP contribution in [0.2, 0.25) is 0 Å². The van der Waals surface area contributed by atoms with Crippen molar-refractivity contribution in [2.24, 2.45) is 5.41 Å². The van der Waals surface area contributed by atoms with Gasteiger partial charge in [-0.2, -0.15) is 5.26 Å². The smallest absolute Gasteiger partial charge is 0.327 e. The average molecular weight is 269 g/mol. The van der Waals surface area contributed by atoms with Gasteiger partial charge in [0.05, 0.1) is 13.2 Å². The van der Waals surface area contributed by atoms with Crippen molar-refractivity contribution in [3.05, 3.63) is 47.0 Å². The summed E-state index contributed by atoms with van der Waals surface area (Å²) in [6, 6.07) is 12.0. The number of methoxy groups -OCH3 is 1. The molecule has 0 unspecified atom stereocenters. The van der Waals surface area contributed by atoms with Crippen LogP contribution in [0.15, 0.2) is 41.5 Å². The lowest BCUT2D eigenvalue weighted by Crippen LogP contribution is -2.40. The third-order valence-electron chi connectivity index (χ3n) is 4.33. The number of hydrogen-bond donors (Lipinski definition) is 0. The number of rotatable bonds is 2. The van der Waals surface area contributed by atoms with E-state index in [1.807, 2.05) is 37.3 Å². The first-order valence-corrected chi connectivity index (χ1v) is 6.75. The Labute approximate surface area is 119 Å². The molecular formula is C17H19NO2. The molecule has 0 heterocycles. The van der Waals surface area contributed by atoms with Crippen LogP contribution in [0.1, 0.15) is 38.2 Å². The molecule has 1 aromatic carbocycles. The predicted molar refractivity (Wildman–Crippen MR) is 76.9 cm³/mol. The Kier molecular flexibility index (Phi) is 3.94. The Hall–Kier alpha value is -2.08. The molecule has 104 valence electrons. The van der Waals surface area contributed by atoms with Gasteiger partial charge in [0.2, 0.25) is 0 Å². The number of ether oxygens (including phenoxy) is 1. The molecule has 0 saturated heterocycles. The number of carbonyl (C=O) groups excluding carboxylic acids is 1. The van der Waals surface area contributed by atoms with Crippen molar-refractivity contribution in [2.75, 3.05) is 7.11 Å². The lowest BCUT2D eigenvalue weighted by molar-refractivity contribution is -0.150. The summed E-state index contributed by atoms with van der Waals surface area (Å²) in [5.41, 5.74) is 2.28. The molecule has 0 radical (unpaired) electrons. The fraction of sp³-hybridized carbons (Fsp3) is 0.412. The zero-order valence-electron chi connectivity index (χ0n) is 12.1. The molecule has 20 heavy (non-hydrogen) atoms. The van der Waals surface area contributed by atoms with Gasteiger partial charge in [-0.25, -0.2) is 0 Å². The highest BCUT2D eigenvalue weighted by atomic mass is 16.5. The maximum absolute atomic E-state index is 12.3. The quantitative estimate of drug-likeness (QED) is 0.609. The minimum atomic E-state index is -1.11. The van der Waals surface area contributed by atoms with E-state index >= 15 is 0 Å². The summed E-state index contributed by atoms with van der Waals surface area (Å²) in [5.74, 6) is -0.578. The standard InChI is InChI=1S/C17H19NO2/c1-12-9-15(14-7-5-4-6-8-14)17(11-18,10-13(12)2)16(19)20-3/h4-8,15H,9-10H2,1-3H3/t15-,17-/m0/s1. The molecular weight excluding hydrogens is 250 g/mol. The van der Waals surface area contributed by atoms with E-state index in [-0.39, 0.29) is 5.92 Å². The number of nitrogens with zero attached hydrogens (tertiary/aromatic N) is 1. The molecule has 0 saturated carbocycles. The van der Waals surface area contributed by atoms with Crippen LogP contribution in [0.3, 0.4) is 0 Å². The summed E-state index contributed by atoms with van der Waals surface area (Å²) >= 11 is 0. The Morgan fingerprint density at radius 3 is 2.50 bits per heavy atom. The molecule has 0 aromatic heterocycles. The maximum Gasteiger partial charge on any atom is 0.327 e. The highest BCUT2D eigenvalue weighted by Crippen LogP contribution is 2.49. The van der Waals surface area contributed by atoms with Crippen LogP contribution < -0.4 is 0 Å². The molecule has 3 heteroatoms. The summed E-state index contributed by atoms with van der Waals surface area (Å²) in [6.45, 7) is 4.06. The van der Waals surface area contributed by atoms with Crippen molar-refractivity contribution >= 4 is 5.97 Å². The molecule has 0 spiro atoms. The average Bonchev–Trinajstić information content (AvgIpc) is 2.49. The zero-order valence-corrected chi connectivity index (χ0v) is 12.1. The highest BCUT2D eigenvalue weighted by molar-refractivity contribution is 5.82. The second-order valence-corrected chi connectivity index (χ2v) is 5.48. The van der Waals surface area contributed by atoms with Gasteiger partial charge < -0.3 is 4.74 Å². The molecule has 0 fully saturated rings. The van der Waals surface area contributed by atoms with Gasteiger partial charge in [-0.1, -0.05) is 41.5 Å². The molecule has 2 atom stereocenters. The highest BCUT2D eigenvalue weighted by Gasteiger charge is 2.50. The Morgan fingerprint density at radius 2 is 1.95 bits per heavy atom. The normalized spacial score (nSPS) is 26.0. The molecule has 2 rings (SSSR count). The van der Waals surface area contributed by atoms with Gasteiger partial charge in [0, 0.05) is 5.92 Å². The summed E-state index contributed by atoms with van der Waals surface area (Å²) in [7, 11) is 1.35. The van der Waals surface area contributed by atoms with Gasteiger partial charge in [0.1, 0.15) is 0 Å². The third-order valence-corrected chi connectivity index (χ3v) is 4.33. The van der Waals surface area contributed by atoms with Crippen LogP contribution >= 0.6 is 0 Å². The SMILES string of the molecule is COC(=O)[C@]1(C#N)CC(C)=C(C)C[C@H]1c1ccccc1. The van der Waals surface area contributed by atoms with Gasteiger partial charge in [0.25, 0.3) is 0 Å². The van der Waals surface area contributed by atoms with Gasteiger partial charge in [-0.15, -0.1) is 0 Å². The predicted octanol–water partition coefficient (Wildman–Crippen LogP) is 3.58. The summed E-state index contributed by atoms with van der Waals surface area (Å²) in [4.78, 5) is 12.3. The van der Waals surface area contributed by atoms with Crippen molar-refractivity contribution in [3.8, 4) is 6.07 Å². The zero-order chi connectivity index (χ0) is 14.8. The fourth-order valence-electron chi connectivity index (χ4n) is 2.99. The number of nitriles is 1. The number of hydrogen-bond acceptors (Lipinski definition) is 3. The molecule has 0 bridgehead atoms. The number of benzene rings is 1. The maximum atomic E-state index is 12.3. The van der Waals surface area contributed by atoms with Crippen LogP contribution in [0.5, 0.6) is 0 Å². The number of allylic oxidation sites excluding steroid dienone is 2. The van der Waals surface area contributed by atoms with E-state index < -0.39 is 11.4 Å². The van der Waals surface area contributed by atoms with E-state index in [4.69, 9.17) is 4.74 Å². The lowest BCUT2D eigenvalue weighted by atomic mass is 9.63. The Morgan fingerprint density at radius 1 is 1.30 bits per heavy atom. The topological polar surface area (TPSA) is 50.1 Å². The second kappa shape index (κ2) is 5.50. The molecule has 1 aliphatic rings. The Bertz CT molecular complexity index is 583. The van der Waals surface area contributed by atoms with Crippen molar-refractivity contribution in [2.45, 2.75) is 32.6 Å². The number of esters is 1. The molecule has 0 N–H and O–H groups in total. The van der Waals surface area contributed by atoms with Crippen LogP contribution in [0.25, 0.3) is 0 Å². The minimum Gasteiger partial charge on any atom is -0.468 e. The Balaban J connectivity index is 2.56. The van der Waals surface area contributed by atoms with Crippen molar-refractivity contribution in [1.82, 2.24) is 0 Å². The number of carbonyl (C=O) groups is 1. The monoisotopic (exact) mass is 269 g/mol. The van der Waals surface area contributed by atoms with Crippen molar-refractivity contribution < 1.29 is 9.53 Å². The minimum absolute atomic E-state index is 0.148. The molecule has 1 aromatic rings. The first-order valence-electron chi connectivity index (χ1n) is 6.75. The van der Waals surface area contributed by atoms with E-state index in [1.54, 1.807) is 0 Å². The van der Waals surface area contributed by atoms with Crippen LogP contribution in [0, 0.1) is 16.7 Å². The first-order chi connectivity index (χ1) is 9.55. The van der Waals surface area contributed by atoms with Gasteiger partial charge in [-0.3, -0.25) is 4.79 Å². The van der Waals surface area contributed by atoms with E-state index in [1.165, 1.54) is 12.7 Å². The molecule has 0 amide bonds. The molecule has 1 aliphatic carbocycles. The second-order valence-electron chi connectivity index (χ2n) is 5.48. The summed E-state index contributed by atoms with van der Waals surface area (Å²) in [6.07, 6.45) is 1.17. The van der Waals surface area contributed by atoms with E-state index in [2.05, 4.69) is 13.0 Å². The molecule has 0 aliphatic heterocycles. The van der Waals surface area contributed by atoms with Gasteiger partial charge >= 0.3 is 5.97 Å². The van der Waals surface area contributed by atoms with Gasteiger partial charge in [-0.05, 0) is 32.3 Å². The molecule has 3 nitrogen and oxygen atoms in total. The first kappa shape index (κ1) is 14.3. The van der Waals surface area contributed by atoms with Crippen LogP contribution in [-0.4, -0.2) is 13.1 Å². The van der Waals surface area contributed by atoms with E-state index in [0.717, 1.165) is 17.6 Å². The summed E-state index contributed by atoms with van der Waals surface area (Å²) in [5, 5.41) is 9.71. The third kappa shape index (κ3) is 2.22. The van der Waals surface area contributed by atoms with Crippen LogP contribution in [0.4, 0.5) is 0 Å². The largest absolute Gasteiger partial charge is 0.468 e.